The molecule has 0 radical (unpaired) electrons. The lowest BCUT2D eigenvalue weighted by molar-refractivity contribution is 0.883. The molecule has 1 aliphatic carbocycles. The number of pyridine rings is 1. The van der Waals surface area contributed by atoms with E-state index in [1.165, 1.54) is 12.8 Å². The van der Waals surface area contributed by atoms with Gasteiger partial charge in [0.15, 0.2) is 0 Å². The van der Waals surface area contributed by atoms with E-state index in [4.69, 9.17) is 11.6 Å². The minimum atomic E-state index is 0.552. The summed E-state index contributed by atoms with van der Waals surface area (Å²) < 4.78 is 0. The smallest absolute Gasteiger partial charge is 0.131 e. The zero-order valence-electron chi connectivity index (χ0n) is 6.76. The van der Waals surface area contributed by atoms with Gasteiger partial charge in [0.05, 0.1) is 0 Å². The fraction of sp³-hybridized carbons (Fsp3) is 0.444. The van der Waals surface area contributed by atoms with E-state index in [2.05, 4.69) is 10.3 Å². The topological polar surface area (TPSA) is 24.9 Å². The maximum atomic E-state index is 5.72. The van der Waals surface area contributed by atoms with Crippen LogP contribution in [0.1, 0.15) is 12.8 Å². The molecular formula is C9H11ClN2. The molecule has 3 heteroatoms. The van der Waals surface area contributed by atoms with E-state index in [0.29, 0.717) is 5.15 Å². The lowest BCUT2D eigenvalue weighted by atomic mass is 10.4. The lowest BCUT2D eigenvalue weighted by Crippen LogP contribution is -2.04. The number of hydrogen-bond donors (Lipinski definition) is 1. The number of rotatable bonds is 3. The molecule has 1 aromatic rings. The van der Waals surface area contributed by atoms with E-state index >= 15 is 0 Å². The van der Waals surface area contributed by atoms with Crippen molar-refractivity contribution >= 4 is 17.4 Å². The van der Waals surface area contributed by atoms with Crippen LogP contribution >= 0.6 is 11.6 Å². The molecule has 12 heavy (non-hydrogen) atoms. The van der Waals surface area contributed by atoms with Crippen molar-refractivity contribution in [2.45, 2.75) is 12.8 Å². The molecule has 0 saturated heterocycles. The van der Waals surface area contributed by atoms with Gasteiger partial charge in [-0.1, -0.05) is 17.7 Å². The van der Waals surface area contributed by atoms with Gasteiger partial charge in [-0.2, -0.15) is 0 Å². The maximum absolute atomic E-state index is 5.72. The van der Waals surface area contributed by atoms with Gasteiger partial charge in [0.25, 0.3) is 0 Å². The van der Waals surface area contributed by atoms with Gasteiger partial charge < -0.3 is 5.32 Å². The van der Waals surface area contributed by atoms with Crippen molar-refractivity contribution in [3.63, 3.8) is 0 Å². The minimum Gasteiger partial charge on any atom is -0.370 e. The third kappa shape index (κ3) is 2.11. The van der Waals surface area contributed by atoms with Crippen LogP contribution in [0, 0.1) is 5.92 Å². The van der Waals surface area contributed by atoms with Crippen molar-refractivity contribution in [2.75, 3.05) is 11.9 Å². The van der Waals surface area contributed by atoms with E-state index in [1.807, 2.05) is 12.1 Å². The number of hydrogen-bond acceptors (Lipinski definition) is 2. The lowest BCUT2D eigenvalue weighted by Gasteiger charge is -2.03. The Kier molecular flexibility index (Phi) is 2.17. The summed E-state index contributed by atoms with van der Waals surface area (Å²) in [4.78, 5) is 4.13. The molecule has 1 N–H and O–H groups in total. The molecule has 0 bridgehead atoms. The molecule has 0 atom stereocenters. The van der Waals surface area contributed by atoms with Gasteiger partial charge in [-0.05, 0) is 30.9 Å². The second-order valence-electron chi connectivity index (χ2n) is 3.17. The van der Waals surface area contributed by atoms with Crippen LogP contribution in [0.3, 0.4) is 0 Å². The fourth-order valence-electron chi connectivity index (χ4n) is 1.08. The highest BCUT2D eigenvalue weighted by Gasteiger charge is 2.20. The van der Waals surface area contributed by atoms with Crippen LogP contribution in [0.15, 0.2) is 18.2 Å². The highest BCUT2D eigenvalue weighted by Crippen LogP contribution is 2.28. The zero-order chi connectivity index (χ0) is 8.39. The summed E-state index contributed by atoms with van der Waals surface area (Å²) in [7, 11) is 0. The van der Waals surface area contributed by atoms with E-state index in [-0.39, 0.29) is 0 Å². The summed E-state index contributed by atoms with van der Waals surface area (Å²) in [5.74, 6) is 1.75. The molecule has 1 fully saturated rings. The van der Waals surface area contributed by atoms with Crippen LogP contribution in [0.4, 0.5) is 5.82 Å². The highest BCUT2D eigenvalue weighted by molar-refractivity contribution is 6.29. The Morgan fingerprint density at radius 1 is 1.50 bits per heavy atom. The van der Waals surface area contributed by atoms with Gasteiger partial charge in [-0.3, -0.25) is 0 Å². The summed E-state index contributed by atoms with van der Waals surface area (Å²) in [6, 6.07) is 5.63. The van der Waals surface area contributed by atoms with Crippen molar-refractivity contribution in [2.24, 2.45) is 5.92 Å². The molecule has 1 aromatic heterocycles. The quantitative estimate of drug-likeness (QED) is 0.727. The standard InChI is InChI=1S/C9H11ClN2/c10-8-2-1-3-9(12-8)11-6-7-4-5-7/h1-3,7H,4-6H2,(H,11,12). The Morgan fingerprint density at radius 3 is 3.00 bits per heavy atom. The van der Waals surface area contributed by atoms with Crippen LogP contribution in [0.25, 0.3) is 0 Å². The number of nitrogens with zero attached hydrogens (tertiary/aromatic N) is 1. The molecule has 0 spiro atoms. The van der Waals surface area contributed by atoms with Gasteiger partial charge in [0.2, 0.25) is 0 Å². The van der Waals surface area contributed by atoms with Crippen LogP contribution in [0.2, 0.25) is 5.15 Å². The second kappa shape index (κ2) is 3.31. The first-order chi connectivity index (χ1) is 5.84. The molecule has 64 valence electrons. The van der Waals surface area contributed by atoms with Gasteiger partial charge in [-0.25, -0.2) is 4.98 Å². The van der Waals surface area contributed by atoms with Crippen molar-refractivity contribution in [3.05, 3.63) is 23.4 Å². The first-order valence-electron chi connectivity index (χ1n) is 4.21. The first-order valence-corrected chi connectivity index (χ1v) is 4.59. The number of nitrogens with one attached hydrogen (secondary N) is 1. The summed E-state index contributed by atoms with van der Waals surface area (Å²) in [6.07, 6.45) is 2.71. The van der Waals surface area contributed by atoms with Gasteiger partial charge in [0.1, 0.15) is 11.0 Å². The zero-order valence-corrected chi connectivity index (χ0v) is 7.51. The Morgan fingerprint density at radius 2 is 2.33 bits per heavy atom. The summed E-state index contributed by atoms with van der Waals surface area (Å²) in [6.45, 7) is 1.04. The number of halogens is 1. The predicted octanol–water partition coefficient (Wildman–Crippen LogP) is 2.56. The Labute approximate surface area is 77.0 Å². The van der Waals surface area contributed by atoms with Crippen LogP contribution in [-0.2, 0) is 0 Å². The monoisotopic (exact) mass is 182 g/mol. The molecule has 1 aliphatic rings. The SMILES string of the molecule is Clc1cccc(NCC2CC2)n1. The van der Waals surface area contributed by atoms with E-state index in [1.54, 1.807) is 6.07 Å². The van der Waals surface area contributed by atoms with Crippen molar-refractivity contribution in [3.8, 4) is 0 Å². The van der Waals surface area contributed by atoms with E-state index in [9.17, 15) is 0 Å². The molecular weight excluding hydrogens is 172 g/mol. The van der Waals surface area contributed by atoms with Crippen molar-refractivity contribution in [1.82, 2.24) is 4.98 Å². The van der Waals surface area contributed by atoms with Crippen LogP contribution in [-0.4, -0.2) is 11.5 Å². The third-order valence-electron chi connectivity index (χ3n) is 1.98. The summed E-state index contributed by atoms with van der Waals surface area (Å²) in [5, 5.41) is 3.80. The molecule has 0 aliphatic heterocycles. The summed E-state index contributed by atoms with van der Waals surface area (Å²) >= 11 is 5.72. The average Bonchev–Trinajstić information content (AvgIpc) is 2.84. The molecule has 1 heterocycles. The predicted molar refractivity (Wildman–Crippen MR) is 50.5 cm³/mol. The van der Waals surface area contributed by atoms with E-state index < -0.39 is 0 Å². The largest absolute Gasteiger partial charge is 0.370 e. The van der Waals surface area contributed by atoms with Crippen LogP contribution < -0.4 is 5.32 Å². The Balaban J connectivity index is 1.92. The second-order valence-corrected chi connectivity index (χ2v) is 3.56. The number of anilines is 1. The fourth-order valence-corrected chi connectivity index (χ4v) is 1.24. The average molecular weight is 183 g/mol. The van der Waals surface area contributed by atoms with E-state index in [0.717, 1.165) is 18.3 Å². The highest BCUT2D eigenvalue weighted by atomic mass is 35.5. The van der Waals surface area contributed by atoms with Gasteiger partial charge in [-0.15, -0.1) is 0 Å². The van der Waals surface area contributed by atoms with Crippen molar-refractivity contribution in [1.29, 1.82) is 0 Å². The molecule has 1 saturated carbocycles. The Hall–Kier alpha value is -0.760. The van der Waals surface area contributed by atoms with Crippen molar-refractivity contribution < 1.29 is 0 Å². The molecule has 0 amide bonds. The molecule has 0 unspecified atom stereocenters. The normalized spacial score (nSPS) is 16.1. The van der Waals surface area contributed by atoms with Crippen LogP contribution in [0.5, 0.6) is 0 Å². The maximum Gasteiger partial charge on any atom is 0.131 e. The summed E-state index contributed by atoms with van der Waals surface area (Å²) in [5.41, 5.74) is 0. The molecule has 0 aromatic carbocycles. The Bertz CT molecular complexity index is 271. The first kappa shape index (κ1) is 7.87. The minimum absolute atomic E-state index is 0.552. The third-order valence-corrected chi connectivity index (χ3v) is 2.19. The molecule has 2 rings (SSSR count). The van der Waals surface area contributed by atoms with Gasteiger partial charge in [0, 0.05) is 6.54 Å². The number of aromatic nitrogens is 1. The molecule has 2 nitrogen and oxygen atoms in total. The van der Waals surface area contributed by atoms with Gasteiger partial charge >= 0.3 is 0 Å².